The molecule has 0 bridgehead atoms. The summed E-state index contributed by atoms with van der Waals surface area (Å²) in [7, 11) is -7.99. The maximum atomic E-state index is 12.9. The lowest BCUT2D eigenvalue weighted by atomic mass is 10.1. The molecule has 0 heterocycles. The van der Waals surface area contributed by atoms with E-state index in [0.29, 0.717) is 0 Å². The Hall–Kier alpha value is -3.69. The average molecular weight is 481 g/mol. The van der Waals surface area contributed by atoms with Crippen LogP contribution in [-0.2, 0) is 20.1 Å². The van der Waals surface area contributed by atoms with E-state index in [2.05, 4.69) is 9.93 Å². The molecule has 7 nitrogen and oxygen atoms in total. The first-order chi connectivity index (χ1) is 15.7. The third kappa shape index (κ3) is 5.21. The van der Waals surface area contributed by atoms with Gasteiger partial charge in [0.15, 0.2) is 5.75 Å². The van der Waals surface area contributed by atoms with E-state index in [1.807, 2.05) is 31.2 Å². The number of sulfonamides is 1. The highest BCUT2D eigenvalue weighted by molar-refractivity contribution is 7.89. The van der Waals surface area contributed by atoms with Crippen molar-refractivity contribution < 1.29 is 21.0 Å². The molecular weight excluding hydrogens is 460 g/mol. The van der Waals surface area contributed by atoms with Crippen LogP contribution < -0.4 is 9.01 Å². The van der Waals surface area contributed by atoms with Crippen molar-refractivity contribution in [3.63, 3.8) is 0 Å². The maximum Gasteiger partial charge on any atom is 0.339 e. The van der Waals surface area contributed by atoms with Crippen LogP contribution in [0.3, 0.4) is 0 Å². The van der Waals surface area contributed by atoms with E-state index in [4.69, 9.17) is 4.18 Å². The van der Waals surface area contributed by atoms with Crippen LogP contribution in [0.4, 0.5) is 0 Å². The molecular formula is C24H20N2O5S2. The number of nitrogens with one attached hydrogen (secondary N) is 1. The minimum Gasteiger partial charge on any atom is -0.378 e. The average Bonchev–Trinajstić information content (AvgIpc) is 2.80. The number of nitrogens with zero attached hydrogens (tertiary/aromatic N) is 1. The number of benzene rings is 4. The fourth-order valence-corrected chi connectivity index (χ4v) is 4.87. The molecule has 168 valence electrons. The van der Waals surface area contributed by atoms with Crippen molar-refractivity contribution in [2.75, 3.05) is 0 Å². The molecule has 0 fully saturated rings. The highest BCUT2D eigenvalue weighted by atomic mass is 32.2. The molecule has 0 aliphatic heterocycles. The molecule has 0 aliphatic rings. The molecule has 9 heteroatoms. The fourth-order valence-electron chi connectivity index (χ4n) is 3.09. The highest BCUT2D eigenvalue weighted by Crippen LogP contribution is 2.24. The summed E-state index contributed by atoms with van der Waals surface area (Å²) in [6.45, 7) is 1.85. The smallest absolute Gasteiger partial charge is 0.339 e. The molecule has 0 spiro atoms. The summed E-state index contributed by atoms with van der Waals surface area (Å²) in [5, 5.41) is 5.45. The molecule has 0 aliphatic carbocycles. The van der Waals surface area contributed by atoms with E-state index in [9.17, 15) is 16.8 Å². The van der Waals surface area contributed by atoms with Crippen molar-refractivity contribution >= 4 is 37.1 Å². The molecule has 0 atom stereocenters. The number of hydrogen-bond acceptors (Lipinski definition) is 6. The van der Waals surface area contributed by atoms with Crippen LogP contribution in [0.2, 0.25) is 0 Å². The Morgan fingerprint density at radius 1 is 0.758 bits per heavy atom. The third-order valence-electron chi connectivity index (χ3n) is 4.84. The van der Waals surface area contributed by atoms with Gasteiger partial charge in [0, 0.05) is 5.56 Å². The monoisotopic (exact) mass is 480 g/mol. The zero-order chi connectivity index (χ0) is 23.5. The molecule has 0 saturated heterocycles. The lowest BCUT2D eigenvalue weighted by Gasteiger charge is -2.10. The van der Waals surface area contributed by atoms with Crippen molar-refractivity contribution in [3.05, 3.63) is 102 Å². The quantitative estimate of drug-likeness (QED) is 0.242. The molecule has 0 radical (unpaired) electrons. The molecule has 0 amide bonds. The van der Waals surface area contributed by atoms with Gasteiger partial charge in [0.1, 0.15) is 4.90 Å². The van der Waals surface area contributed by atoms with Crippen molar-refractivity contribution in [1.29, 1.82) is 0 Å². The Morgan fingerprint density at radius 2 is 1.39 bits per heavy atom. The van der Waals surface area contributed by atoms with Gasteiger partial charge in [-0.25, -0.2) is 4.83 Å². The van der Waals surface area contributed by atoms with Gasteiger partial charge in [0.25, 0.3) is 10.0 Å². The summed E-state index contributed by atoms with van der Waals surface area (Å²) >= 11 is 0. The van der Waals surface area contributed by atoms with Gasteiger partial charge in [-0.3, -0.25) is 0 Å². The van der Waals surface area contributed by atoms with Crippen LogP contribution in [-0.4, -0.2) is 23.1 Å². The van der Waals surface area contributed by atoms with Crippen LogP contribution in [0.5, 0.6) is 5.75 Å². The Bertz CT molecular complexity index is 1550. The highest BCUT2D eigenvalue weighted by Gasteiger charge is 2.19. The van der Waals surface area contributed by atoms with Crippen LogP contribution >= 0.6 is 0 Å². The summed E-state index contributed by atoms with van der Waals surface area (Å²) < 4.78 is 55.9. The van der Waals surface area contributed by atoms with Gasteiger partial charge in [0.2, 0.25) is 0 Å². The molecule has 0 saturated carbocycles. The van der Waals surface area contributed by atoms with E-state index >= 15 is 0 Å². The first-order valence-corrected chi connectivity index (χ1v) is 12.8. The topological polar surface area (TPSA) is 102 Å². The normalized spacial score (nSPS) is 12.2. The van der Waals surface area contributed by atoms with E-state index in [1.165, 1.54) is 36.5 Å². The van der Waals surface area contributed by atoms with Crippen LogP contribution in [0.25, 0.3) is 10.8 Å². The van der Waals surface area contributed by atoms with E-state index < -0.39 is 20.1 Å². The maximum absolute atomic E-state index is 12.9. The number of aryl methyl sites for hydroxylation is 1. The minimum absolute atomic E-state index is 0.00742. The Labute approximate surface area is 192 Å². The molecule has 0 aromatic heterocycles. The van der Waals surface area contributed by atoms with Gasteiger partial charge < -0.3 is 4.18 Å². The molecule has 4 aromatic carbocycles. The number of fused-ring (bicyclic) bond motifs is 1. The van der Waals surface area contributed by atoms with Gasteiger partial charge in [0.05, 0.1) is 11.1 Å². The van der Waals surface area contributed by atoms with Crippen molar-refractivity contribution in [2.24, 2.45) is 5.10 Å². The third-order valence-corrected chi connectivity index (χ3v) is 7.30. The standard InChI is InChI=1S/C24H20N2O5S2/c1-18-10-13-22(14-11-18)32(27,28)26-25-17-21-8-4-5-9-24(21)31-33(29,30)23-15-12-19-6-2-3-7-20(19)16-23/h2-17,26H,1H3/b25-17-. The summed E-state index contributed by atoms with van der Waals surface area (Å²) in [5.41, 5.74) is 1.21. The first-order valence-electron chi connectivity index (χ1n) is 9.88. The SMILES string of the molecule is Cc1ccc(S(=O)(=O)N/N=C\c2ccccc2OS(=O)(=O)c2ccc3ccccc3c2)cc1. The number of hydrogen-bond donors (Lipinski definition) is 1. The predicted octanol–water partition coefficient (Wildman–Crippen LogP) is 4.23. The molecule has 4 rings (SSSR count). The van der Waals surface area contributed by atoms with Crippen LogP contribution in [0.15, 0.2) is 106 Å². The summed E-state index contributed by atoms with van der Waals surface area (Å²) in [4.78, 5) is 2.19. The minimum atomic E-state index is -4.13. The van der Waals surface area contributed by atoms with Gasteiger partial charge in [-0.05, 0) is 54.1 Å². The van der Waals surface area contributed by atoms with E-state index in [1.54, 1.807) is 36.4 Å². The molecule has 4 aromatic rings. The van der Waals surface area contributed by atoms with Gasteiger partial charge >= 0.3 is 10.1 Å². The lowest BCUT2D eigenvalue weighted by Crippen LogP contribution is -2.18. The van der Waals surface area contributed by atoms with Crippen molar-refractivity contribution in [2.45, 2.75) is 16.7 Å². The second kappa shape index (κ2) is 9.05. The van der Waals surface area contributed by atoms with Gasteiger partial charge in [-0.15, -0.1) is 0 Å². The number of para-hydroxylation sites is 1. The fraction of sp³-hybridized carbons (Fsp3) is 0.0417. The summed E-state index contributed by atoms with van der Waals surface area (Å²) in [6, 6.07) is 24.7. The van der Waals surface area contributed by atoms with Gasteiger partial charge in [-0.2, -0.15) is 21.9 Å². The second-order valence-corrected chi connectivity index (χ2v) is 10.5. The first kappa shape index (κ1) is 22.5. The number of rotatable bonds is 7. The van der Waals surface area contributed by atoms with E-state index in [-0.39, 0.29) is 21.1 Å². The predicted molar refractivity (Wildman–Crippen MR) is 127 cm³/mol. The second-order valence-electron chi connectivity index (χ2n) is 7.25. The Kier molecular flexibility index (Phi) is 6.17. The molecule has 33 heavy (non-hydrogen) atoms. The van der Waals surface area contributed by atoms with Gasteiger partial charge in [-0.1, -0.05) is 60.2 Å². The van der Waals surface area contributed by atoms with Crippen molar-refractivity contribution in [3.8, 4) is 5.75 Å². The van der Waals surface area contributed by atoms with Crippen LogP contribution in [0.1, 0.15) is 11.1 Å². The van der Waals surface area contributed by atoms with Crippen LogP contribution in [0, 0.1) is 6.92 Å². The largest absolute Gasteiger partial charge is 0.378 e. The number of hydrazone groups is 1. The lowest BCUT2D eigenvalue weighted by molar-refractivity contribution is 0.485. The zero-order valence-electron chi connectivity index (χ0n) is 17.5. The zero-order valence-corrected chi connectivity index (χ0v) is 19.2. The van der Waals surface area contributed by atoms with E-state index in [0.717, 1.165) is 16.3 Å². The summed E-state index contributed by atoms with van der Waals surface area (Å²) in [6.07, 6.45) is 1.19. The summed E-state index contributed by atoms with van der Waals surface area (Å²) in [5.74, 6) is 0.0175. The Morgan fingerprint density at radius 3 is 2.15 bits per heavy atom. The molecule has 0 unspecified atom stereocenters. The molecule has 1 N–H and O–H groups in total. The Balaban J connectivity index is 1.56. The van der Waals surface area contributed by atoms with Crippen molar-refractivity contribution in [1.82, 2.24) is 4.83 Å².